The third-order valence-electron chi connectivity index (χ3n) is 5.54. The zero-order valence-electron chi connectivity index (χ0n) is 15.6. The van der Waals surface area contributed by atoms with Gasteiger partial charge in [0.15, 0.2) is 4.96 Å². The van der Waals surface area contributed by atoms with Crippen molar-refractivity contribution in [1.82, 2.24) is 9.38 Å². The molecule has 0 bridgehead atoms. The number of fused-ring (bicyclic) bond motifs is 4. The predicted molar refractivity (Wildman–Crippen MR) is 118 cm³/mol. The quantitative estimate of drug-likeness (QED) is 0.400. The highest BCUT2D eigenvalue weighted by atomic mass is 32.1. The van der Waals surface area contributed by atoms with Gasteiger partial charge in [0.2, 0.25) is 0 Å². The first-order valence-electron chi connectivity index (χ1n) is 9.65. The molecule has 5 heteroatoms. The van der Waals surface area contributed by atoms with Crippen LogP contribution in [0.15, 0.2) is 79.0 Å². The van der Waals surface area contributed by atoms with Gasteiger partial charge in [-0.05, 0) is 36.2 Å². The van der Waals surface area contributed by atoms with E-state index in [9.17, 15) is 4.79 Å². The number of anilines is 1. The van der Waals surface area contributed by atoms with E-state index in [4.69, 9.17) is 4.98 Å². The number of rotatable bonds is 2. The Morgan fingerprint density at radius 2 is 1.79 bits per heavy atom. The van der Waals surface area contributed by atoms with Crippen molar-refractivity contribution in [3.63, 3.8) is 0 Å². The number of imidazole rings is 1. The van der Waals surface area contributed by atoms with Gasteiger partial charge in [-0.1, -0.05) is 59.9 Å². The second kappa shape index (κ2) is 6.29. The molecule has 0 saturated heterocycles. The summed E-state index contributed by atoms with van der Waals surface area (Å²) in [5, 5.41) is 0. The lowest BCUT2D eigenvalue weighted by Gasteiger charge is -2.17. The summed E-state index contributed by atoms with van der Waals surface area (Å²) >= 11 is 1.62. The monoisotopic (exact) mass is 395 g/mol. The Hall–Kier alpha value is -3.44. The van der Waals surface area contributed by atoms with Crippen LogP contribution in [0.25, 0.3) is 26.4 Å². The third-order valence-corrected chi connectivity index (χ3v) is 6.56. The van der Waals surface area contributed by atoms with Crippen molar-refractivity contribution in [3.05, 3.63) is 90.1 Å². The fraction of sp³-hybridized carbons (Fsp3) is 0.0833. The molecule has 6 rings (SSSR count). The first kappa shape index (κ1) is 16.5. The molecule has 3 aromatic carbocycles. The molecule has 2 aromatic heterocycles. The lowest BCUT2D eigenvalue weighted by Crippen LogP contribution is -2.28. The number of para-hydroxylation sites is 1. The van der Waals surface area contributed by atoms with Gasteiger partial charge in [0.05, 0.1) is 15.9 Å². The van der Waals surface area contributed by atoms with Crippen LogP contribution in [0.1, 0.15) is 15.9 Å². The molecule has 4 nitrogen and oxygen atoms in total. The van der Waals surface area contributed by atoms with Crippen LogP contribution < -0.4 is 4.90 Å². The molecular weight excluding hydrogens is 378 g/mol. The Bertz CT molecular complexity index is 1380. The minimum Gasteiger partial charge on any atom is -0.308 e. The minimum absolute atomic E-state index is 0.0628. The van der Waals surface area contributed by atoms with Gasteiger partial charge in [-0.25, -0.2) is 4.98 Å². The number of thiazole rings is 1. The van der Waals surface area contributed by atoms with E-state index in [2.05, 4.69) is 28.8 Å². The summed E-state index contributed by atoms with van der Waals surface area (Å²) in [5.74, 6) is 0.0628. The molecule has 0 radical (unpaired) electrons. The van der Waals surface area contributed by atoms with Crippen LogP contribution >= 0.6 is 11.3 Å². The molecule has 0 fully saturated rings. The van der Waals surface area contributed by atoms with E-state index in [0.717, 1.165) is 50.7 Å². The van der Waals surface area contributed by atoms with Crippen molar-refractivity contribution in [2.75, 3.05) is 11.4 Å². The summed E-state index contributed by atoms with van der Waals surface area (Å²) in [6, 6.07) is 24.3. The van der Waals surface area contributed by atoms with Crippen molar-refractivity contribution in [2.24, 2.45) is 0 Å². The summed E-state index contributed by atoms with van der Waals surface area (Å²) < 4.78 is 3.19. The van der Waals surface area contributed by atoms with Crippen molar-refractivity contribution in [3.8, 4) is 11.3 Å². The Labute approximate surface area is 171 Å². The maximum atomic E-state index is 13.2. The summed E-state index contributed by atoms with van der Waals surface area (Å²) in [5.41, 5.74) is 6.15. The summed E-state index contributed by atoms with van der Waals surface area (Å²) in [6.45, 7) is 0.740. The van der Waals surface area contributed by atoms with E-state index < -0.39 is 0 Å². The molecule has 0 spiro atoms. The number of benzene rings is 3. The lowest BCUT2D eigenvalue weighted by molar-refractivity contribution is 0.0989. The van der Waals surface area contributed by atoms with Gasteiger partial charge in [-0.15, -0.1) is 0 Å². The average molecular weight is 395 g/mol. The van der Waals surface area contributed by atoms with E-state index in [1.165, 1.54) is 5.56 Å². The standard InChI is InChI=1S/C24H17N3OS/c28-23(26-13-12-17-8-4-5-9-20(17)26)18-10-11-21-22(14-18)29-24-25-19(15-27(21)24)16-6-2-1-3-7-16/h1-11,14-15H,12-13H2. The average Bonchev–Trinajstić information content (AvgIpc) is 3.46. The first-order chi connectivity index (χ1) is 14.3. The van der Waals surface area contributed by atoms with Crippen molar-refractivity contribution in [2.45, 2.75) is 6.42 Å². The van der Waals surface area contributed by atoms with E-state index >= 15 is 0 Å². The number of carbonyl (C=O) groups is 1. The van der Waals surface area contributed by atoms with Crippen LogP contribution in [-0.4, -0.2) is 21.8 Å². The highest BCUT2D eigenvalue weighted by Gasteiger charge is 2.25. The van der Waals surface area contributed by atoms with Crippen LogP contribution in [0.4, 0.5) is 5.69 Å². The van der Waals surface area contributed by atoms with E-state index in [-0.39, 0.29) is 5.91 Å². The molecule has 0 atom stereocenters. The summed E-state index contributed by atoms with van der Waals surface area (Å²) in [4.78, 5) is 20.8. The first-order valence-corrected chi connectivity index (χ1v) is 10.5. The largest absolute Gasteiger partial charge is 0.308 e. The van der Waals surface area contributed by atoms with Crippen LogP contribution in [-0.2, 0) is 6.42 Å². The van der Waals surface area contributed by atoms with E-state index in [1.54, 1.807) is 11.3 Å². The van der Waals surface area contributed by atoms with Gasteiger partial charge in [-0.3, -0.25) is 9.20 Å². The molecule has 0 N–H and O–H groups in total. The minimum atomic E-state index is 0.0628. The van der Waals surface area contributed by atoms with Crippen molar-refractivity contribution >= 4 is 38.1 Å². The fourth-order valence-corrected chi connectivity index (χ4v) is 5.13. The number of aromatic nitrogens is 2. The fourth-order valence-electron chi connectivity index (χ4n) is 4.09. The van der Waals surface area contributed by atoms with E-state index in [1.807, 2.05) is 59.5 Å². The second-order valence-corrected chi connectivity index (χ2v) is 8.27. The number of nitrogens with zero attached hydrogens (tertiary/aromatic N) is 3. The van der Waals surface area contributed by atoms with Gasteiger partial charge in [0, 0.05) is 29.6 Å². The molecule has 140 valence electrons. The summed E-state index contributed by atoms with van der Waals surface area (Å²) in [6.07, 6.45) is 2.99. The number of carbonyl (C=O) groups excluding carboxylic acids is 1. The highest BCUT2D eigenvalue weighted by molar-refractivity contribution is 7.23. The third kappa shape index (κ3) is 2.58. The molecule has 0 saturated carbocycles. The highest BCUT2D eigenvalue weighted by Crippen LogP contribution is 2.32. The van der Waals surface area contributed by atoms with Gasteiger partial charge in [0.25, 0.3) is 5.91 Å². The molecular formula is C24H17N3OS. The van der Waals surface area contributed by atoms with E-state index in [0.29, 0.717) is 0 Å². The maximum absolute atomic E-state index is 13.2. The number of hydrogen-bond acceptors (Lipinski definition) is 3. The smallest absolute Gasteiger partial charge is 0.258 e. The zero-order chi connectivity index (χ0) is 19.4. The van der Waals surface area contributed by atoms with Crippen LogP contribution in [0.5, 0.6) is 0 Å². The Kier molecular flexibility index (Phi) is 3.58. The van der Waals surface area contributed by atoms with Crippen LogP contribution in [0.3, 0.4) is 0 Å². The maximum Gasteiger partial charge on any atom is 0.258 e. The van der Waals surface area contributed by atoms with Crippen molar-refractivity contribution < 1.29 is 4.79 Å². The topological polar surface area (TPSA) is 37.6 Å². The Morgan fingerprint density at radius 1 is 0.966 bits per heavy atom. The second-order valence-electron chi connectivity index (χ2n) is 7.26. The van der Waals surface area contributed by atoms with Crippen LogP contribution in [0, 0.1) is 0 Å². The van der Waals surface area contributed by atoms with Gasteiger partial charge >= 0.3 is 0 Å². The van der Waals surface area contributed by atoms with Gasteiger partial charge in [-0.2, -0.15) is 0 Å². The molecule has 29 heavy (non-hydrogen) atoms. The zero-order valence-corrected chi connectivity index (χ0v) is 16.4. The summed E-state index contributed by atoms with van der Waals surface area (Å²) in [7, 11) is 0. The predicted octanol–water partition coefficient (Wildman–Crippen LogP) is 5.42. The Balaban J connectivity index is 1.39. The molecule has 0 aliphatic carbocycles. The molecule has 1 amide bonds. The Morgan fingerprint density at radius 3 is 2.69 bits per heavy atom. The molecule has 1 aliphatic rings. The lowest BCUT2D eigenvalue weighted by atomic mass is 10.1. The molecule has 1 aliphatic heterocycles. The van der Waals surface area contributed by atoms with Crippen LogP contribution in [0.2, 0.25) is 0 Å². The number of amides is 1. The molecule has 5 aromatic rings. The van der Waals surface area contributed by atoms with Gasteiger partial charge in [0.1, 0.15) is 0 Å². The van der Waals surface area contributed by atoms with Gasteiger partial charge < -0.3 is 4.90 Å². The number of hydrogen-bond donors (Lipinski definition) is 0. The SMILES string of the molecule is O=C(c1ccc2c(c1)sc1nc(-c3ccccc3)cn12)N1CCc2ccccc21. The normalized spacial score (nSPS) is 13.3. The molecule has 0 unspecified atom stereocenters. The molecule has 3 heterocycles. The van der Waals surface area contributed by atoms with Crippen molar-refractivity contribution in [1.29, 1.82) is 0 Å².